The lowest BCUT2D eigenvalue weighted by atomic mass is 9.87. The third-order valence-electron chi connectivity index (χ3n) is 14.2. The van der Waals surface area contributed by atoms with Crippen molar-refractivity contribution >= 4 is 17.9 Å². The Kier molecular flexibility index (Phi) is 41.4. The summed E-state index contributed by atoms with van der Waals surface area (Å²) in [6, 6.07) is 0. The number of aliphatic hydroxyl groups is 3. The molecule has 12 heteroatoms. The minimum absolute atomic E-state index is 0.00435. The molecule has 3 fully saturated rings. The number of hydrogen-bond acceptors (Lipinski definition) is 9. The summed E-state index contributed by atoms with van der Waals surface area (Å²) in [7, 11) is 0. The average Bonchev–Trinajstić information content (AvgIpc) is 4.29. The number of carbonyl (C=O) groups is 3. The van der Waals surface area contributed by atoms with E-state index in [0.717, 1.165) is 38.5 Å². The van der Waals surface area contributed by atoms with E-state index in [9.17, 15) is 29.7 Å². The minimum atomic E-state index is -0.789. The van der Waals surface area contributed by atoms with Crippen molar-refractivity contribution in [1.29, 1.82) is 0 Å². The average molecular weight is 1060 g/mol. The number of epoxide rings is 3. The van der Waals surface area contributed by atoms with E-state index < -0.39 is 41.6 Å². The largest absolute Gasteiger partial charge is 0.481 e. The van der Waals surface area contributed by atoms with E-state index in [1.807, 2.05) is 18.2 Å². The van der Waals surface area contributed by atoms with Crippen LogP contribution in [0.3, 0.4) is 0 Å². The van der Waals surface area contributed by atoms with Crippen LogP contribution < -0.4 is 0 Å². The quantitative estimate of drug-likeness (QED) is 0.0191. The van der Waals surface area contributed by atoms with E-state index >= 15 is 0 Å². The first-order chi connectivity index (χ1) is 36.1. The zero-order chi connectivity index (χ0) is 55.5. The number of hydrogen-bond donors (Lipinski definition) is 6. The van der Waals surface area contributed by atoms with Crippen LogP contribution in [0, 0.1) is 11.3 Å². The highest BCUT2D eigenvalue weighted by atomic mass is 16.6. The second-order valence-electron chi connectivity index (χ2n) is 21.8. The molecule has 0 radical (unpaired) electrons. The topological polar surface area (TPSA) is 210 Å². The Balaban J connectivity index is 0.000000563. The highest BCUT2D eigenvalue weighted by Crippen LogP contribution is 2.35. The third kappa shape index (κ3) is 38.8. The fourth-order valence-corrected chi connectivity index (χ4v) is 8.66. The fraction of sp³-hybridized carbons (Fsp3) is 0.762. The van der Waals surface area contributed by atoms with E-state index in [-0.39, 0.29) is 49.0 Å². The van der Waals surface area contributed by atoms with E-state index in [0.29, 0.717) is 38.5 Å². The van der Waals surface area contributed by atoms with Crippen LogP contribution in [-0.2, 0) is 28.6 Å². The van der Waals surface area contributed by atoms with E-state index in [4.69, 9.17) is 29.5 Å². The maximum Gasteiger partial charge on any atom is 0.309 e. The molecule has 0 aliphatic carbocycles. The van der Waals surface area contributed by atoms with Crippen molar-refractivity contribution in [3.8, 4) is 0 Å². The van der Waals surface area contributed by atoms with Crippen LogP contribution in [0.2, 0.25) is 0 Å². The molecule has 3 aliphatic heterocycles. The molecule has 3 aliphatic rings. The summed E-state index contributed by atoms with van der Waals surface area (Å²) in [5.41, 5.74) is -0.738. The van der Waals surface area contributed by atoms with Crippen molar-refractivity contribution in [3.63, 3.8) is 0 Å². The monoisotopic (exact) mass is 1060 g/mol. The molecule has 6 N–H and O–H groups in total. The Morgan fingerprint density at radius 1 is 0.467 bits per heavy atom. The number of aliphatic hydroxyl groups excluding tert-OH is 3. The SMILES string of the molecule is CCCCCCCC/C=C\C/C=C\C(O)C1OC1CCC(C)(C)C(=O)O.CCCCCCCC/C=C\C/C=C\C(O)C1OC1CCC(C)C(=O)O.CCCCCCCC/C=C\C/C=C\C(O)C1OC1CCCC(=O)O. The van der Waals surface area contributed by atoms with Crippen molar-refractivity contribution in [1.82, 2.24) is 0 Å². The number of carboxylic acids is 3. The van der Waals surface area contributed by atoms with Gasteiger partial charge < -0.3 is 44.8 Å². The highest BCUT2D eigenvalue weighted by molar-refractivity contribution is 5.73. The van der Waals surface area contributed by atoms with Crippen molar-refractivity contribution in [2.45, 2.75) is 296 Å². The second-order valence-corrected chi connectivity index (χ2v) is 21.8. The van der Waals surface area contributed by atoms with Crippen LogP contribution in [0.5, 0.6) is 0 Å². The van der Waals surface area contributed by atoms with Gasteiger partial charge in [0.05, 0.1) is 29.6 Å². The molecule has 0 aromatic rings. The van der Waals surface area contributed by atoms with Gasteiger partial charge in [0, 0.05) is 6.42 Å². The number of unbranched alkanes of at least 4 members (excludes halogenated alkanes) is 18. The molecule has 3 heterocycles. The molecule has 3 rings (SSSR count). The number of carboxylic acid groups (broad SMARTS) is 3. The predicted molar refractivity (Wildman–Crippen MR) is 305 cm³/mol. The molecule has 12 nitrogen and oxygen atoms in total. The van der Waals surface area contributed by atoms with Crippen molar-refractivity contribution in [2.75, 3.05) is 0 Å². The smallest absolute Gasteiger partial charge is 0.309 e. The molecule has 0 bridgehead atoms. The zero-order valence-electron chi connectivity index (χ0n) is 47.8. The second kappa shape index (κ2) is 44.6. The molecular formula is C63H108O12. The summed E-state index contributed by atoms with van der Waals surface area (Å²) in [5, 5.41) is 56.6. The molecule has 3 saturated heterocycles. The molecule has 0 spiro atoms. The van der Waals surface area contributed by atoms with Crippen molar-refractivity contribution in [2.24, 2.45) is 11.3 Å². The molecule has 0 aromatic carbocycles. The van der Waals surface area contributed by atoms with Gasteiger partial charge in [0.2, 0.25) is 0 Å². The van der Waals surface area contributed by atoms with E-state index in [2.05, 4.69) is 57.2 Å². The van der Waals surface area contributed by atoms with E-state index in [1.54, 1.807) is 39.0 Å². The number of aliphatic carboxylic acids is 3. The number of allylic oxidation sites excluding steroid dienone is 9. The summed E-state index contributed by atoms with van der Waals surface area (Å²) in [6.07, 6.45) is 55.9. The lowest BCUT2D eigenvalue weighted by Gasteiger charge is -2.17. The zero-order valence-corrected chi connectivity index (χ0v) is 47.8. The molecule has 0 saturated carbocycles. The van der Waals surface area contributed by atoms with Gasteiger partial charge >= 0.3 is 17.9 Å². The molecule has 432 valence electrons. The fourth-order valence-electron chi connectivity index (χ4n) is 8.66. The Morgan fingerprint density at radius 3 is 1.16 bits per heavy atom. The molecule has 10 atom stereocenters. The van der Waals surface area contributed by atoms with Gasteiger partial charge in [0.15, 0.2) is 0 Å². The van der Waals surface area contributed by atoms with Crippen molar-refractivity contribution < 1.29 is 59.2 Å². The van der Waals surface area contributed by atoms with Gasteiger partial charge in [-0.2, -0.15) is 0 Å². The molecule has 10 unspecified atom stereocenters. The minimum Gasteiger partial charge on any atom is -0.481 e. The summed E-state index contributed by atoms with van der Waals surface area (Å²) in [5.74, 6) is -2.69. The van der Waals surface area contributed by atoms with Crippen LogP contribution in [0.1, 0.15) is 241 Å². The molecule has 75 heavy (non-hydrogen) atoms. The Morgan fingerprint density at radius 2 is 0.813 bits per heavy atom. The van der Waals surface area contributed by atoms with Crippen LogP contribution >= 0.6 is 0 Å². The summed E-state index contributed by atoms with van der Waals surface area (Å²) >= 11 is 0. The van der Waals surface area contributed by atoms with Crippen LogP contribution in [-0.4, -0.2) is 103 Å². The van der Waals surface area contributed by atoms with Crippen LogP contribution in [0.15, 0.2) is 72.9 Å². The van der Waals surface area contributed by atoms with Gasteiger partial charge in [-0.15, -0.1) is 0 Å². The third-order valence-corrected chi connectivity index (χ3v) is 14.2. The van der Waals surface area contributed by atoms with Gasteiger partial charge in [-0.3, -0.25) is 14.4 Å². The standard InChI is InChI=1S/C22H38O4.C21H36O4.C20H34O4/c1-4-5-6-7-8-9-10-11-12-13-14-15-18(23)20-19(26-20)16-17-22(2,3)21(24)25;1-3-4-5-6-7-8-9-10-11-12-13-14-18(22)20-19(25-20)16-15-17(2)21(23)24;1-2-3-4-5-6-7-8-9-10-11-12-14-17(21)20-18(24-20)15-13-16-19(22)23/h11-12,14-15,18-20,23H,4-10,13,16-17H2,1-3H3,(H,24,25);10-11,13-14,17-20,22H,3-9,12,15-16H2,1-2H3,(H,23,24);9-10,12,14,17-18,20-21H,2-8,11,13,15-16H2,1H3,(H,22,23)/b12-11-,15-14-;11-10-,14-13-;10-9-,14-12-. The Labute approximate surface area is 455 Å². The van der Waals surface area contributed by atoms with Gasteiger partial charge in [0.25, 0.3) is 0 Å². The predicted octanol–water partition coefficient (Wildman–Crippen LogP) is 14.8. The maximum atomic E-state index is 11.1. The Hall–Kier alpha value is -3.39. The van der Waals surface area contributed by atoms with Gasteiger partial charge in [-0.1, -0.05) is 197 Å². The number of rotatable bonds is 45. The van der Waals surface area contributed by atoms with Crippen molar-refractivity contribution in [3.05, 3.63) is 72.9 Å². The molecular weight excluding hydrogens is 949 g/mol. The lowest BCUT2D eigenvalue weighted by Crippen LogP contribution is -2.24. The first-order valence-corrected chi connectivity index (χ1v) is 29.7. The van der Waals surface area contributed by atoms with Crippen LogP contribution in [0.4, 0.5) is 0 Å². The summed E-state index contributed by atoms with van der Waals surface area (Å²) < 4.78 is 16.3. The molecule has 0 amide bonds. The number of ether oxygens (including phenoxy) is 3. The van der Waals surface area contributed by atoms with Gasteiger partial charge in [-0.05, 0) is 110 Å². The Bertz CT molecular complexity index is 1630. The summed E-state index contributed by atoms with van der Waals surface area (Å²) in [4.78, 5) is 32.3. The first kappa shape index (κ1) is 69.6. The molecule has 0 aromatic heterocycles. The summed E-state index contributed by atoms with van der Waals surface area (Å²) in [6.45, 7) is 11.9. The maximum absolute atomic E-state index is 11.1. The van der Waals surface area contributed by atoms with E-state index in [1.165, 1.54) is 116 Å². The first-order valence-electron chi connectivity index (χ1n) is 29.7. The lowest BCUT2D eigenvalue weighted by molar-refractivity contribution is -0.147. The normalized spacial score (nSPS) is 21.9. The van der Waals surface area contributed by atoms with Gasteiger partial charge in [0.1, 0.15) is 36.6 Å². The van der Waals surface area contributed by atoms with Crippen LogP contribution in [0.25, 0.3) is 0 Å². The highest BCUT2D eigenvalue weighted by Gasteiger charge is 2.45. The van der Waals surface area contributed by atoms with Gasteiger partial charge in [-0.25, -0.2) is 0 Å².